The molecule has 0 bridgehead atoms. The number of rotatable bonds is 5. The molecule has 3 aromatic rings. The molecule has 1 heterocycles. The molecular weight excluding hydrogens is 376 g/mol. The van der Waals surface area contributed by atoms with Crippen LogP contribution in [0.4, 0.5) is 0 Å². The molecule has 0 unspecified atom stereocenters. The number of aromatic nitrogens is 1. The van der Waals surface area contributed by atoms with Gasteiger partial charge < -0.3 is 9.88 Å². The Morgan fingerprint density at radius 3 is 2.30 bits per heavy atom. The van der Waals surface area contributed by atoms with Crippen LogP contribution in [0.15, 0.2) is 65.8 Å². The van der Waals surface area contributed by atoms with Gasteiger partial charge in [0.2, 0.25) is 0 Å². The van der Waals surface area contributed by atoms with E-state index >= 15 is 0 Å². The lowest BCUT2D eigenvalue weighted by molar-refractivity contribution is -0.139. The first-order valence-electron chi connectivity index (χ1n) is 9.81. The van der Waals surface area contributed by atoms with E-state index in [1.54, 1.807) is 6.21 Å². The van der Waals surface area contributed by atoms with Gasteiger partial charge in [0.15, 0.2) is 0 Å². The Morgan fingerprint density at radius 1 is 0.967 bits per heavy atom. The van der Waals surface area contributed by atoms with Crippen molar-refractivity contribution < 1.29 is 9.59 Å². The number of amides is 2. The van der Waals surface area contributed by atoms with Crippen molar-refractivity contribution in [2.45, 2.75) is 33.7 Å². The number of carbonyl (C=O) groups is 2. The molecule has 154 valence electrons. The van der Waals surface area contributed by atoms with Gasteiger partial charge in [-0.25, -0.2) is 5.43 Å². The molecule has 0 aliphatic rings. The molecule has 2 N–H and O–H groups in total. The summed E-state index contributed by atoms with van der Waals surface area (Å²) in [7, 11) is 0. The smallest absolute Gasteiger partial charge is 0.329 e. The second-order valence-corrected chi connectivity index (χ2v) is 7.30. The molecular formula is C24H26N4O2. The fraction of sp³-hybridized carbons (Fsp3) is 0.208. The highest BCUT2D eigenvalue weighted by Crippen LogP contribution is 2.20. The summed E-state index contributed by atoms with van der Waals surface area (Å²) in [5, 5.41) is 6.63. The normalized spacial score (nSPS) is 12.0. The van der Waals surface area contributed by atoms with Crippen molar-refractivity contribution in [1.82, 2.24) is 15.3 Å². The summed E-state index contributed by atoms with van der Waals surface area (Å²) in [6.45, 7) is 7.88. The van der Waals surface area contributed by atoms with Crippen LogP contribution in [0.25, 0.3) is 5.69 Å². The Bertz CT molecular complexity index is 1070. The summed E-state index contributed by atoms with van der Waals surface area (Å²) in [6, 6.07) is 19.4. The third-order valence-electron chi connectivity index (χ3n) is 4.99. The predicted molar refractivity (Wildman–Crippen MR) is 119 cm³/mol. The number of nitrogens with one attached hydrogen (secondary N) is 2. The first-order valence-corrected chi connectivity index (χ1v) is 9.81. The van der Waals surface area contributed by atoms with Crippen molar-refractivity contribution >= 4 is 18.0 Å². The van der Waals surface area contributed by atoms with Crippen LogP contribution in [0.5, 0.6) is 0 Å². The summed E-state index contributed by atoms with van der Waals surface area (Å²) in [5.74, 6) is -1.53. The van der Waals surface area contributed by atoms with Crippen molar-refractivity contribution in [3.8, 4) is 5.69 Å². The molecule has 6 nitrogen and oxygen atoms in total. The third-order valence-corrected chi connectivity index (χ3v) is 4.99. The van der Waals surface area contributed by atoms with Crippen LogP contribution < -0.4 is 10.7 Å². The van der Waals surface area contributed by atoms with E-state index in [1.165, 1.54) is 5.56 Å². The van der Waals surface area contributed by atoms with E-state index in [0.29, 0.717) is 0 Å². The van der Waals surface area contributed by atoms with Crippen LogP contribution in [-0.2, 0) is 9.59 Å². The van der Waals surface area contributed by atoms with Crippen LogP contribution in [0, 0.1) is 20.8 Å². The predicted octanol–water partition coefficient (Wildman–Crippen LogP) is 3.73. The molecule has 0 spiro atoms. The number of benzene rings is 2. The van der Waals surface area contributed by atoms with E-state index in [2.05, 4.69) is 51.6 Å². The molecule has 0 aliphatic heterocycles. The van der Waals surface area contributed by atoms with E-state index in [0.717, 1.165) is 28.2 Å². The average Bonchev–Trinajstić information content (AvgIpc) is 3.02. The van der Waals surface area contributed by atoms with Crippen molar-refractivity contribution in [3.63, 3.8) is 0 Å². The topological polar surface area (TPSA) is 75.5 Å². The summed E-state index contributed by atoms with van der Waals surface area (Å²) in [6.07, 6.45) is 1.55. The van der Waals surface area contributed by atoms with Gasteiger partial charge in [-0.05, 0) is 51.5 Å². The lowest BCUT2D eigenvalue weighted by Gasteiger charge is -2.13. The van der Waals surface area contributed by atoms with E-state index in [-0.39, 0.29) is 6.04 Å². The number of hydrogen-bond donors (Lipinski definition) is 2. The monoisotopic (exact) mass is 402 g/mol. The highest BCUT2D eigenvalue weighted by atomic mass is 16.2. The molecule has 0 saturated heterocycles. The van der Waals surface area contributed by atoms with Gasteiger partial charge in [-0.15, -0.1) is 0 Å². The summed E-state index contributed by atoms with van der Waals surface area (Å²) >= 11 is 0. The van der Waals surface area contributed by atoms with Gasteiger partial charge in [0, 0.05) is 22.6 Å². The maximum Gasteiger partial charge on any atom is 0.329 e. The highest BCUT2D eigenvalue weighted by molar-refractivity contribution is 6.35. The van der Waals surface area contributed by atoms with E-state index in [1.807, 2.05) is 57.2 Å². The van der Waals surface area contributed by atoms with E-state index in [9.17, 15) is 9.59 Å². The standard InChI is InChI=1S/C24H26N4O2/c1-16-10-12-22(13-11-16)28-17(2)14-21(19(28)4)15-25-27-24(30)23(29)26-18(3)20-8-6-5-7-9-20/h5-15,18H,1-4H3,(H,26,29)(H,27,30)/b25-15-/t18-/m0/s1. The molecule has 0 radical (unpaired) electrons. The summed E-state index contributed by atoms with van der Waals surface area (Å²) < 4.78 is 2.12. The number of hydrazone groups is 1. The lowest BCUT2D eigenvalue weighted by atomic mass is 10.1. The minimum absolute atomic E-state index is 0.276. The molecule has 2 aromatic carbocycles. The Hall–Kier alpha value is -3.67. The lowest BCUT2D eigenvalue weighted by Crippen LogP contribution is -2.39. The second-order valence-electron chi connectivity index (χ2n) is 7.30. The molecule has 0 saturated carbocycles. The van der Waals surface area contributed by atoms with Gasteiger partial charge in [0.1, 0.15) is 0 Å². The van der Waals surface area contributed by atoms with Gasteiger partial charge in [0.05, 0.1) is 12.3 Å². The van der Waals surface area contributed by atoms with E-state index < -0.39 is 11.8 Å². The first-order chi connectivity index (χ1) is 14.4. The van der Waals surface area contributed by atoms with Crippen LogP contribution in [-0.4, -0.2) is 22.6 Å². The number of aryl methyl sites for hydroxylation is 2. The molecule has 1 aromatic heterocycles. The zero-order valence-electron chi connectivity index (χ0n) is 17.6. The molecule has 1 atom stereocenters. The number of hydrogen-bond acceptors (Lipinski definition) is 3. The maximum absolute atomic E-state index is 12.1. The summed E-state index contributed by atoms with van der Waals surface area (Å²) in [4.78, 5) is 24.2. The zero-order valence-corrected chi connectivity index (χ0v) is 17.6. The largest absolute Gasteiger partial charge is 0.341 e. The molecule has 0 fully saturated rings. The Labute approximate surface area is 176 Å². The van der Waals surface area contributed by atoms with Crippen LogP contribution >= 0.6 is 0 Å². The molecule has 6 heteroatoms. The zero-order chi connectivity index (χ0) is 21.7. The first kappa shape index (κ1) is 21.0. The minimum atomic E-state index is -0.804. The van der Waals surface area contributed by atoms with Crippen LogP contribution in [0.2, 0.25) is 0 Å². The number of nitrogens with zero attached hydrogens (tertiary/aromatic N) is 2. The molecule has 30 heavy (non-hydrogen) atoms. The van der Waals surface area contributed by atoms with E-state index in [4.69, 9.17) is 0 Å². The van der Waals surface area contributed by atoms with Gasteiger partial charge in [-0.2, -0.15) is 5.10 Å². The fourth-order valence-corrected chi connectivity index (χ4v) is 3.31. The van der Waals surface area contributed by atoms with Gasteiger partial charge in [-0.1, -0.05) is 48.0 Å². The SMILES string of the molecule is Cc1ccc(-n2c(C)cc(/C=N\NC(=O)C(=O)N[C@@H](C)c3ccccc3)c2C)cc1. The van der Waals surface area contributed by atoms with Crippen molar-refractivity contribution in [1.29, 1.82) is 0 Å². The fourth-order valence-electron chi connectivity index (χ4n) is 3.31. The van der Waals surface area contributed by atoms with Crippen LogP contribution in [0.3, 0.4) is 0 Å². The average molecular weight is 402 g/mol. The van der Waals surface area contributed by atoms with Gasteiger partial charge in [-0.3, -0.25) is 9.59 Å². The quantitative estimate of drug-likeness (QED) is 0.388. The van der Waals surface area contributed by atoms with Crippen LogP contribution in [0.1, 0.15) is 41.0 Å². The summed E-state index contributed by atoms with van der Waals surface area (Å²) in [5.41, 5.74) is 8.40. The van der Waals surface area contributed by atoms with Crippen molar-refractivity contribution in [3.05, 3.63) is 88.7 Å². The van der Waals surface area contributed by atoms with Crippen molar-refractivity contribution in [2.24, 2.45) is 5.10 Å². The Morgan fingerprint density at radius 2 is 1.63 bits per heavy atom. The Balaban J connectivity index is 1.63. The Kier molecular flexibility index (Phi) is 6.47. The molecule has 3 rings (SSSR count). The maximum atomic E-state index is 12.1. The van der Waals surface area contributed by atoms with Gasteiger partial charge >= 0.3 is 11.8 Å². The molecule has 2 amide bonds. The van der Waals surface area contributed by atoms with Gasteiger partial charge in [0.25, 0.3) is 0 Å². The van der Waals surface area contributed by atoms with Crippen molar-refractivity contribution in [2.75, 3.05) is 0 Å². The molecule has 0 aliphatic carbocycles. The minimum Gasteiger partial charge on any atom is -0.341 e. The third kappa shape index (κ3) is 4.84. The highest BCUT2D eigenvalue weighted by Gasteiger charge is 2.16. The second kappa shape index (κ2) is 9.22. The number of carbonyl (C=O) groups excluding carboxylic acids is 2.